The van der Waals surface area contributed by atoms with E-state index < -0.39 is 9.84 Å². The summed E-state index contributed by atoms with van der Waals surface area (Å²) in [6, 6.07) is 3.39. The molecule has 2 rings (SSSR count). The Kier molecular flexibility index (Phi) is 4.04. The quantitative estimate of drug-likeness (QED) is 0.911. The molecule has 1 heterocycles. The van der Waals surface area contributed by atoms with Gasteiger partial charge in [-0.15, -0.1) is 0 Å². The zero-order valence-corrected chi connectivity index (χ0v) is 12.7. The molecule has 0 aromatic heterocycles. The Labute approximate surface area is 119 Å². The predicted molar refractivity (Wildman–Crippen MR) is 77.0 cm³/mol. The van der Waals surface area contributed by atoms with Crippen molar-refractivity contribution in [3.63, 3.8) is 0 Å². The highest BCUT2D eigenvalue weighted by Gasteiger charge is 2.29. The van der Waals surface area contributed by atoms with Gasteiger partial charge in [-0.3, -0.25) is 4.79 Å². The van der Waals surface area contributed by atoms with Gasteiger partial charge in [0.2, 0.25) is 0 Å². The Morgan fingerprint density at radius 1 is 1.35 bits per heavy atom. The SMILES string of the molecule is COc1c(C)cc(C)cc1C(=O)NC1CCS(=O)(=O)C1. The zero-order chi connectivity index (χ0) is 14.9. The number of sulfone groups is 1. The summed E-state index contributed by atoms with van der Waals surface area (Å²) in [5.74, 6) is 0.415. The van der Waals surface area contributed by atoms with Crippen molar-refractivity contribution in [3.05, 3.63) is 28.8 Å². The molecule has 1 fully saturated rings. The molecule has 0 aliphatic carbocycles. The number of aryl methyl sites for hydroxylation is 2. The number of carbonyl (C=O) groups is 1. The van der Waals surface area contributed by atoms with Gasteiger partial charge < -0.3 is 10.1 Å². The molecule has 1 aliphatic rings. The summed E-state index contributed by atoms with van der Waals surface area (Å²) in [5, 5.41) is 2.78. The van der Waals surface area contributed by atoms with Crippen LogP contribution in [0, 0.1) is 13.8 Å². The number of carbonyl (C=O) groups excluding carboxylic acids is 1. The standard InChI is InChI=1S/C14H19NO4S/c1-9-6-10(2)13(19-3)12(7-9)14(16)15-11-4-5-20(17,18)8-11/h6-7,11H,4-5,8H2,1-3H3,(H,15,16). The third kappa shape index (κ3) is 3.12. The van der Waals surface area contributed by atoms with Crippen molar-refractivity contribution in [2.75, 3.05) is 18.6 Å². The fourth-order valence-corrected chi connectivity index (χ4v) is 4.24. The van der Waals surface area contributed by atoms with Gasteiger partial charge in [0.1, 0.15) is 5.75 Å². The number of hydrogen-bond donors (Lipinski definition) is 1. The largest absolute Gasteiger partial charge is 0.496 e. The fourth-order valence-electron chi connectivity index (χ4n) is 2.57. The summed E-state index contributed by atoms with van der Waals surface area (Å²) < 4.78 is 28.1. The zero-order valence-electron chi connectivity index (χ0n) is 11.9. The third-order valence-electron chi connectivity index (χ3n) is 3.44. The van der Waals surface area contributed by atoms with Crippen LogP contribution in [0.15, 0.2) is 12.1 Å². The molecule has 1 aliphatic heterocycles. The first kappa shape index (κ1) is 14.8. The van der Waals surface area contributed by atoms with Crippen molar-refractivity contribution < 1.29 is 17.9 Å². The molecule has 0 bridgehead atoms. The van der Waals surface area contributed by atoms with E-state index in [1.165, 1.54) is 7.11 Å². The molecule has 1 saturated heterocycles. The summed E-state index contributed by atoms with van der Waals surface area (Å²) in [6.45, 7) is 3.78. The molecule has 0 spiro atoms. The molecule has 1 aromatic rings. The lowest BCUT2D eigenvalue weighted by Gasteiger charge is -2.15. The normalized spacial score (nSPS) is 20.6. The number of amides is 1. The van der Waals surface area contributed by atoms with E-state index in [1.54, 1.807) is 6.07 Å². The molecule has 110 valence electrons. The second kappa shape index (κ2) is 5.44. The van der Waals surface area contributed by atoms with Gasteiger partial charge in [0.05, 0.1) is 24.2 Å². The molecular weight excluding hydrogens is 278 g/mol. The van der Waals surface area contributed by atoms with Crippen LogP contribution in [0.2, 0.25) is 0 Å². The maximum absolute atomic E-state index is 12.3. The monoisotopic (exact) mass is 297 g/mol. The Hall–Kier alpha value is -1.56. The first-order valence-corrected chi connectivity index (χ1v) is 8.31. The van der Waals surface area contributed by atoms with Crippen LogP contribution in [-0.4, -0.2) is 39.0 Å². The van der Waals surface area contributed by atoms with Crippen molar-refractivity contribution in [2.45, 2.75) is 26.3 Å². The Balaban J connectivity index is 2.22. The van der Waals surface area contributed by atoms with Gasteiger partial charge in [-0.25, -0.2) is 8.42 Å². The Morgan fingerprint density at radius 3 is 2.60 bits per heavy atom. The number of ether oxygens (including phenoxy) is 1. The smallest absolute Gasteiger partial charge is 0.255 e. The van der Waals surface area contributed by atoms with E-state index in [9.17, 15) is 13.2 Å². The van der Waals surface area contributed by atoms with Crippen LogP contribution >= 0.6 is 0 Å². The molecule has 0 radical (unpaired) electrons. The van der Waals surface area contributed by atoms with E-state index in [0.717, 1.165) is 11.1 Å². The molecule has 1 atom stereocenters. The van der Waals surface area contributed by atoms with Gasteiger partial charge >= 0.3 is 0 Å². The third-order valence-corrected chi connectivity index (χ3v) is 5.20. The van der Waals surface area contributed by atoms with Gasteiger partial charge in [-0.2, -0.15) is 0 Å². The molecule has 1 aromatic carbocycles. The molecule has 1 unspecified atom stereocenters. The van der Waals surface area contributed by atoms with Crippen molar-refractivity contribution in [2.24, 2.45) is 0 Å². The second-order valence-electron chi connectivity index (χ2n) is 5.24. The van der Waals surface area contributed by atoms with E-state index in [-0.39, 0.29) is 23.5 Å². The number of methoxy groups -OCH3 is 1. The van der Waals surface area contributed by atoms with Crippen LogP contribution in [0.3, 0.4) is 0 Å². The highest BCUT2D eigenvalue weighted by atomic mass is 32.2. The molecule has 1 amide bonds. The predicted octanol–water partition coefficient (Wildman–Crippen LogP) is 1.23. The van der Waals surface area contributed by atoms with Crippen molar-refractivity contribution in [1.82, 2.24) is 5.32 Å². The minimum absolute atomic E-state index is 0.0197. The van der Waals surface area contributed by atoms with E-state index in [0.29, 0.717) is 17.7 Å². The molecule has 20 heavy (non-hydrogen) atoms. The van der Waals surface area contributed by atoms with Gasteiger partial charge in [0.15, 0.2) is 9.84 Å². The van der Waals surface area contributed by atoms with Crippen LogP contribution < -0.4 is 10.1 Å². The maximum atomic E-state index is 12.3. The summed E-state index contributed by atoms with van der Waals surface area (Å²) in [4.78, 5) is 12.3. The highest BCUT2D eigenvalue weighted by Crippen LogP contribution is 2.25. The van der Waals surface area contributed by atoms with E-state index in [1.807, 2.05) is 19.9 Å². The van der Waals surface area contributed by atoms with Crippen LogP contribution in [0.4, 0.5) is 0 Å². The van der Waals surface area contributed by atoms with Crippen LogP contribution in [0.1, 0.15) is 27.9 Å². The number of nitrogens with one attached hydrogen (secondary N) is 1. The van der Waals surface area contributed by atoms with Crippen LogP contribution in [-0.2, 0) is 9.84 Å². The molecule has 6 heteroatoms. The second-order valence-corrected chi connectivity index (χ2v) is 7.46. The Morgan fingerprint density at radius 2 is 2.05 bits per heavy atom. The summed E-state index contributed by atoms with van der Waals surface area (Å²) in [5.41, 5.74) is 2.30. The maximum Gasteiger partial charge on any atom is 0.255 e. The molecule has 0 saturated carbocycles. The lowest BCUT2D eigenvalue weighted by molar-refractivity contribution is 0.0938. The van der Waals surface area contributed by atoms with Gasteiger partial charge in [-0.05, 0) is 37.5 Å². The summed E-state index contributed by atoms with van der Waals surface area (Å²) >= 11 is 0. The van der Waals surface area contributed by atoms with Gasteiger partial charge in [-0.1, -0.05) is 6.07 Å². The molecule has 5 nitrogen and oxygen atoms in total. The van der Waals surface area contributed by atoms with Crippen LogP contribution in [0.5, 0.6) is 5.75 Å². The fraction of sp³-hybridized carbons (Fsp3) is 0.500. The summed E-state index contributed by atoms with van der Waals surface area (Å²) in [7, 11) is -1.48. The minimum Gasteiger partial charge on any atom is -0.496 e. The van der Waals surface area contributed by atoms with Crippen molar-refractivity contribution in [1.29, 1.82) is 0 Å². The lowest BCUT2D eigenvalue weighted by atomic mass is 10.0. The lowest BCUT2D eigenvalue weighted by Crippen LogP contribution is -2.35. The number of rotatable bonds is 3. The highest BCUT2D eigenvalue weighted by molar-refractivity contribution is 7.91. The Bertz CT molecular complexity index is 637. The van der Waals surface area contributed by atoms with E-state index in [2.05, 4.69) is 5.32 Å². The first-order chi connectivity index (χ1) is 9.32. The summed E-state index contributed by atoms with van der Waals surface area (Å²) in [6.07, 6.45) is 0.473. The van der Waals surface area contributed by atoms with E-state index in [4.69, 9.17) is 4.74 Å². The van der Waals surface area contributed by atoms with Crippen molar-refractivity contribution >= 4 is 15.7 Å². The number of benzene rings is 1. The van der Waals surface area contributed by atoms with Gasteiger partial charge in [0.25, 0.3) is 5.91 Å². The average Bonchev–Trinajstić information content (AvgIpc) is 2.67. The molecular formula is C14H19NO4S. The minimum atomic E-state index is -3.00. The number of hydrogen-bond acceptors (Lipinski definition) is 4. The average molecular weight is 297 g/mol. The van der Waals surface area contributed by atoms with Gasteiger partial charge in [0, 0.05) is 6.04 Å². The van der Waals surface area contributed by atoms with E-state index >= 15 is 0 Å². The molecule has 1 N–H and O–H groups in total. The first-order valence-electron chi connectivity index (χ1n) is 6.49. The van der Waals surface area contributed by atoms with Crippen molar-refractivity contribution in [3.8, 4) is 5.75 Å². The topological polar surface area (TPSA) is 72.5 Å². The van der Waals surface area contributed by atoms with Crippen LogP contribution in [0.25, 0.3) is 0 Å².